The number of halogens is 3. The van der Waals surface area contributed by atoms with E-state index in [2.05, 4.69) is 4.90 Å². The topological polar surface area (TPSA) is 79.8 Å². The zero-order valence-electron chi connectivity index (χ0n) is 19.1. The Bertz CT molecular complexity index is 1280. The van der Waals surface area contributed by atoms with Crippen LogP contribution < -0.4 is 4.90 Å². The van der Waals surface area contributed by atoms with Crippen molar-refractivity contribution in [2.75, 3.05) is 50.0 Å². The fourth-order valence-corrected chi connectivity index (χ4v) is 6.59. The van der Waals surface area contributed by atoms with E-state index in [-0.39, 0.29) is 35.4 Å². The lowest BCUT2D eigenvalue weighted by Gasteiger charge is -2.29. The van der Waals surface area contributed by atoms with Crippen LogP contribution in [-0.2, 0) is 19.4 Å². The summed E-state index contributed by atoms with van der Waals surface area (Å²) >= 11 is 13.5. The number of aryl methyl sites for hydroxylation is 1. The molecule has 0 N–H and O–H groups in total. The number of aromatic nitrogens is 1. The van der Waals surface area contributed by atoms with Crippen LogP contribution >= 0.6 is 46.9 Å². The summed E-state index contributed by atoms with van der Waals surface area (Å²) in [7, 11) is -3.63. The van der Waals surface area contributed by atoms with Gasteiger partial charge in [-0.3, -0.25) is 14.6 Å². The van der Waals surface area contributed by atoms with Crippen LogP contribution in [0.5, 0.6) is 0 Å². The van der Waals surface area contributed by atoms with Crippen LogP contribution in [0.25, 0.3) is 10.2 Å². The van der Waals surface area contributed by atoms with E-state index in [0.29, 0.717) is 41.5 Å². The quantitative estimate of drug-likeness (QED) is 0.380. The summed E-state index contributed by atoms with van der Waals surface area (Å²) < 4.78 is 31.8. The van der Waals surface area contributed by atoms with Crippen molar-refractivity contribution in [1.29, 1.82) is 0 Å². The Balaban J connectivity index is 0.00000342. The predicted molar refractivity (Wildman–Crippen MR) is 144 cm³/mol. The lowest BCUT2D eigenvalue weighted by Crippen LogP contribution is -2.43. The minimum atomic E-state index is -3.63. The molecule has 0 bridgehead atoms. The Morgan fingerprint density at radius 3 is 2.51 bits per heavy atom. The van der Waals surface area contributed by atoms with Gasteiger partial charge in [0.2, 0.25) is 5.91 Å². The van der Waals surface area contributed by atoms with E-state index >= 15 is 0 Å². The van der Waals surface area contributed by atoms with Crippen LogP contribution in [0.3, 0.4) is 0 Å². The average molecular weight is 579 g/mol. The number of thiazole rings is 1. The van der Waals surface area contributed by atoms with Crippen molar-refractivity contribution in [1.82, 2.24) is 9.88 Å². The molecule has 0 spiro atoms. The molecule has 2 aromatic carbocycles. The van der Waals surface area contributed by atoms with Crippen molar-refractivity contribution in [3.8, 4) is 0 Å². The predicted octanol–water partition coefficient (Wildman–Crippen LogP) is 4.86. The molecule has 2 heterocycles. The molecule has 190 valence electrons. The number of carbonyl (C=O) groups is 1. The van der Waals surface area contributed by atoms with Crippen molar-refractivity contribution in [3.63, 3.8) is 0 Å². The average Bonchev–Trinajstić information content (AvgIpc) is 3.23. The zero-order valence-corrected chi connectivity index (χ0v) is 23.0. The Kier molecular flexibility index (Phi) is 9.79. The second kappa shape index (κ2) is 12.2. The molecule has 1 fully saturated rings. The molecular weight excluding hydrogens is 553 g/mol. The van der Waals surface area contributed by atoms with E-state index in [9.17, 15) is 13.2 Å². The van der Waals surface area contributed by atoms with E-state index in [0.717, 1.165) is 28.9 Å². The monoisotopic (exact) mass is 577 g/mol. The summed E-state index contributed by atoms with van der Waals surface area (Å²) in [5.74, 6) is -0.578. The van der Waals surface area contributed by atoms with Gasteiger partial charge in [-0.1, -0.05) is 34.5 Å². The van der Waals surface area contributed by atoms with E-state index in [1.165, 1.54) is 35.6 Å². The van der Waals surface area contributed by atoms with Gasteiger partial charge in [0.05, 0.1) is 34.1 Å². The van der Waals surface area contributed by atoms with Crippen molar-refractivity contribution in [2.24, 2.45) is 0 Å². The summed E-state index contributed by atoms with van der Waals surface area (Å²) in [6, 6.07) is 9.64. The van der Waals surface area contributed by atoms with Gasteiger partial charge in [0.15, 0.2) is 15.0 Å². The third kappa shape index (κ3) is 7.07. The van der Waals surface area contributed by atoms with E-state index in [4.69, 9.17) is 32.9 Å². The lowest BCUT2D eigenvalue weighted by atomic mass is 10.2. The highest BCUT2D eigenvalue weighted by Crippen LogP contribution is 2.33. The summed E-state index contributed by atoms with van der Waals surface area (Å²) in [6.07, 6.45) is -0.149. The number of anilines is 1. The molecule has 1 saturated heterocycles. The van der Waals surface area contributed by atoms with Gasteiger partial charge < -0.3 is 4.74 Å². The number of nitrogens with zero attached hydrogens (tertiary/aromatic N) is 3. The van der Waals surface area contributed by atoms with Crippen molar-refractivity contribution in [3.05, 3.63) is 52.0 Å². The molecule has 1 aliphatic rings. The first kappa shape index (κ1) is 28.1. The fourth-order valence-electron chi connectivity index (χ4n) is 3.77. The maximum atomic E-state index is 13.3. The second-order valence-electron chi connectivity index (χ2n) is 8.09. The molecule has 0 radical (unpaired) electrons. The molecule has 0 saturated carbocycles. The number of ether oxygens (including phenoxy) is 1. The van der Waals surface area contributed by atoms with Gasteiger partial charge in [0.1, 0.15) is 0 Å². The third-order valence-electron chi connectivity index (χ3n) is 5.67. The normalized spacial score (nSPS) is 14.6. The van der Waals surface area contributed by atoms with Crippen molar-refractivity contribution >= 4 is 78.0 Å². The number of amides is 1. The Morgan fingerprint density at radius 2 is 1.83 bits per heavy atom. The van der Waals surface area contributed by atoms with Gasteiger partial charge in [-0.05, 0) is 48.9 Å². The zero-order chi connectivity index (χ0) is 24.3. The number of hydrogen-bond acceptors (Lipinski definition) is 7. The summed E-state index contributed by atoms with van der Waals surface area (Å²) in [6.45, 7) is 5.89. The number of benzene rings is 2. The van der Waals surface area contributed by atoms with Crippen molar-refractivity contribution < 1.29 is 17.9 Å². The maximum absolute atomic E-state index is 13.3. The first-order valence-corrected chi connectivity index (χ1v) is 14.1. The lowest BCUT2D eigenvalue weighted by molar-refractivity contribution is -0.118. The molecule has 0 aliphatic carbocycles. The van der Waals surface area contributed by atoms with Crippen LogP contribution in [0.4, 0.5) is 5.13 Å². The van der Waals surface area contributed by atoms with Crippen LogP contribution in [0, 0.1) is 6.92 Å². The standard InChI is InChI=1S/C23H25Cl2N3O4S2.ClH/c1-16-14-18(25)15-20-22(16)26-23(33-20)28(8-7-27-9-11-32-12-10-27)21(29)6-13-34(30,31)19-4-2-17(24)3-5-19;/h2-5,14-15H,6-13H2,1H3;1H. The molecular formula is C23H26Cl3N3O4S2. The summed E-state index contributed by atoms with van der Waals surface area (Å²) in [4.78, 5) is 22.0. The largest absolute Gasteiger partial charge is 0.379 e. The number of morpholine rings is 1. The molecule has 0 atom stereocenters. The molecule has 12 heteroatoms. The van der Waals surface area contributed by atoms with Gasteiger partial charge in [-0.15, -0.1) is 12.4 Å². The minimum absolute atomic E-state index is 0. The second-order valence-corrected chi connectivity index (χ2v) is 12.1. The molecule has 1 amide bonds. The van der Waals surface area contributed by atoms with Crippen LogP contribution in [0.1, 0.15) is 12.0 Å². The van der Waals surface area contributed by atoms with Gasteiger partial charge >= 0.3 is 0 Å². The van der Waals surface area contributed by atoms with Gasteiger partial charge in [0, 0.05) is 42.6 Å². The fraction of sp³-hybridized carbons (Fsp3) is 0.391. The molecule has 7 nitrogen and oxygen atoms in total. The highest BCUT2D eigenvalue weighted by Gasteiger charge is 2.24. The summed E-state index contributed by atoms with van der Waals surface area (Å²) in [5, 5.41) is 1.61. The maximum Gasteiger partial charge on any atom is 0.229 e. The van der Waals surface area contributed by atoms with Gasteiger partial charge in [-0.25, -0.2) is 13.4 Å². The number of fused-ring (bicyclic) bond motifs is 1. The van der Waals surface area contributed by atoms with Crippen LogP contribution in [0.15, 0.2) is 41.3 Å². The SMILES string of the molecule is Cc1cc(Cl)cc2sc(N(CCN3CCOCC3)C(=O)CCS(=O)(=O)c3ccc(Cl)cc3)nc12.Cl. The van der Waals surface area contributed by atoms with E-state index in [1.807, 2.05) is 19.1 Å². The number of hydrogen-bond donors (Lipinski definition) is 0. The first-order chi connectivity index (χ1) is 16.2. The highest BCUT2D eigenvalue weighted by molar-refractivity contribution is 7.91. The minimum Gasteiger partial charge on any atom is -0.379 e. The third-order valence-corrected chi connectivity index (χ3v) is 8.90. The van der Waals surface area contributed by atoms with Crippen LogP contribution in [-0.4, -0.2) is 69.4 Å². The van der Waals surface area contributed by atoms with Gasteiger partial charge in [0.25, 0.3) is 0 Å². The number of rotatable bonds is 8. The molecule has 3 aromatic rings. The Hall–Kier alpha value is -1.46. The number of sulfone groups is 1. The first-order valence-electron chi connectivity index (χ1n) is 10.9. The molecule has 35 heavy (non-hydrogen) atoms. The Morgan fingerprint density at radius 1 is 1.14 bits per heavy atom. The molecule has 0 unspecified atom stereocenters. The smallest absolute Gasteiger partial charge is 0.229 e. The molecule has 1 aromatic heterocycles. The molecule has 4 rings (SSSR count). The highest BCUT2D eigenvalue weighted by atomic mass is 35.5. The van der Waals surface area contributed by atoms with Crippen LogP contribution in [0.2, 0.25) is 10.0 Å². The number of carbonyl (C=O) groups excluding carboxylic acids is 1. The van der Waals surface area contributed by atoms with E-state index in [1.54, 1.807) is 4.90 Å². The summed E-state index contributed by atoms with van der Waals surface area (Å²) in [5.41, 5.74) is 1.72. The molecule has 1 aliphatic heterocycles. The van der Waals surface area contributed by atoms with Crippen molar-refractivity contribution in [2.45, 2.75) is 18.2 Å². The van der Waals surface area contributed by atoms with E-state index < -0.39 is 9.84 Å². The Labute approximate surface area is 225 Å². The van der Waals surface area contributed by atoms with Gasteiger partial charge in [-0.2, -0.15) is 0 Å².